The molecule has 0 saturated carbocycles. The lowest BCUT2D eigenvalue weighted by Crippen LogP contribution is -2.25. The molecule has 7 heteroatoms. The van der Waals surface area contributed by atoms with Gasteiger partial charge in [-0.2, -0.15) is 0 Å². The van der Waals surface area contributed by atoms with Crippen LogP contribution in [0.15, 0.2) is 47.4 Å². The van der Waals surface area contributed by atoms with Crippen LogP contribution >= 0.6 is 0 Å². The predicted octanol–water partition coefficient (Wildman–Crippen LogP) is 1.91. The summed E-state index contributed by atoms with van der Waals surface area (Å²) in [6.07, 6.45) is 2.40. The first-order chi connectivity index (χ1) is 11.6. The van der Waals surface area contributed by atoms with Crippen molar-refractivity contribution in [1.82, 2.24) is 20.0 Å². The Bertz CT molecular complexity index is 935. The molecule has 0 bridgehead atoms. The summed E-state index contributed by atoms with van der Waals surface area (Å²) in [5, 5.41) is 11.2. The Kier molecular flexibility index (Phi) is 4.60. The Morgan fingerprint density at radius 2 is 2.04 bits per heavy atom. The average Bonchev–Trinajstić information content (AvgIpc) is 2.59. The number of carbonyl (C=O) groups excluding carboxylic acids is 1. The summed E-state index contributed by atoms with van der Waals surface area (Å²) in [5.41, 5.74) is 1.28. The summed E-state index contributed by atoms with van der Waals surface area (Å²) in [5.74, 6) is 0.420. The maximum Gasteiger partial charge on any atom is 0.277 e. The molecular formula is C17H17N5O2. The average molecular weight is 323 g/mol. The number of rotatable bonds is 5. The molecule has 0 aliphatic carbocycles. The SMILES string of the molecule is Cc1cccnc1NC(=O)CCCn1nnc2ccccc2c1=O. The minimum Gasteiger partial charge on any atom is -0.310 e. The van der Waals surface area contributed by atoms with Crippen molar-refractivity contribution >= 4 is 22.6 Å². The van der Waals surface area contributed by atoms with E-state index in [0.717, 1.165) is 5.56 Å². The van der Waals surface area contributed by atoms with Crippen molar-refractivity contribution in [3.63, 3.8) is 0 Å². The molecule has 3 aromatic rings. The highest BCUT2D eigenvalue weighted by atomic mass is 16.1. The van der Waals surface area contributed by atoms with E-state index in [1.54, 1.807) is 24.4 Å². The number of fused-ring (bicyclic) bond motifs is 1. The van der Waals surface area contributed by atoms with Gasteiger partial charge in [0, 0.05) is 19.2 Å². The van der Waals surface area contributed by atoms with Crippen LogP contribution in [0.25, 0.3) is 10.9 Å². The second kappa shape index (κ2) is 6.99. The highest BCUT2D eigenvalue weighted by molar-refractivity contribution is 5.90. The largest absolute Gasteiger partial charge is 0.310 e. The standard InChI is InChI=1S/C17H17N5O2/c1-12-6-4-10-18-16(12)19-15(23)9-5-11-22-17(24)13-7-2-3-8-14(13)20-21-22/h2-4,6-8,10H,5,9,11H2,1H3,(H,18,19,23). The molecule has 0 atom stereocenters. The molecule has 1 N–H and O–H groups in total. The molecule has 3 rings (SSSR count). The van der Waals surface area contributed by atoms with Gasteiger partial charge in [0.05, 0.1) is 5.39 Å². The van der Waals surface area contributed by atoms with Crippen LogP contribution in [0.2, 0.25) is 0 Å². The van der Waals surface area contributed by atoms with Gasteiger partial charge in [-0.1, -0.05) is 23.4 Å². The molecule has 0 saturated heterocycles. The van der Waals surface area contributed by atoms with Crippen molar-refractivity contribution in [2.24, 2.45) is 0 Å². The number of anilines is 1. The quantitative estimate of drug-likeness (QED) is 0.774. The summed E-state index contributed by atoms with van der Waals surface area (Å²) in [7, 11) is 0. The first-order valence-electron chi connectivity index (χ1n) is 7.69. The Morgan fingerprint density at radius 1 is 1.21 bits per heavy atom. The van der Waals surface area contributed by atoms with Crippen LogP contribution in [0.4, 0.5) is 5.82 Å². The highest BCUT2D eigenvalue weighted by Crippen LogP contribution is 2.10. The fraction of sp³-hybridized carbons (Fsp3) is 0.235. The van der Waals surface area contributed by atoms with Crippen LogP contribution in [-0.4, -0.2) is 25.9 Å². The van der Waals surface area contributed by atoms with E-state index in [1.165, 1.54) is 4.68 Å². The monoisotopic (exact) mass is 323 g/mol. The molecule has 0 radical (unpaired) electrons. The topological polar surface area (TPSA) is 89.8 Å². The van der Waals surface area contributed by atoms with Crippen molar-refractivity contribution in [2.45, 2.75) is 26.3 Å². The number of hydrogen-bond acceptors (Lipinski definition) is 5. The lowest BCUT2D eigenvalue weighted by molar-refractivity contribution is -0.116. The van der Waals surface area contributed by atoms with E-state index >= 15 is 0 Å². The molecule has 2 heterocycles. The molecule has 0 spiro atoms. The number of carbonyl (C=O) groups is 1. The molecule has 2 aromatic heterocycles. The normalized spacial score (nSPS) is 10.7. The molecule has 1 amide bonds. The van der Waals surface area contributed by atoms with E-state index in [-0.39, 0.29) is 17.9 Å². The molecule has 24 heavy (non-hydrogen) atoms. The maximum atomic E-state index is 12.3. The van der Waals surface area contributed by atoms with Gasteiger partial charge in [-0.05, 0) is 37.1 Å². The molecule has 7 nitrogen and oxygen atoms in total. The maximum absolute atomic E-state index is 12.3. The molecule has 0 aliphatic rings. The smallest absolute Gasteiger partial charge is 0.277 e. The van der Waals surface area contributed by atoms with Gasteiger partial charge in [-0.25, -0.2) is 9.67 Å². The van der Waals surface area contributed by atoms with Gasteiger partial charge in [0.2, 0.25) is 5.91 Å². The molecule has 0 fully saturated rings. The fourth-order valence-corrected chi connectivity index (χ4v) is 2.37. The third-order valence-electron chi connectivity index (χ3n) is 3.67. The van der Waals surface area contributed by atoms with Gasteiger partial charge in [-0.3, -0.25) is 9.59 Å². The summed E-state index contributed by atoms with van der Waals surface area (Å²) in [6, 6.07) is 10.8. The van der Waals surface area contributed by atoms with Crippen molar-refractivity contribution in [3.8, 4) is 0 Å². The highest BCUT2D eigenvalue weighted by Gasteiger charge is 2.08. The Hall–Kier alpha value is -3.09. The van der Waals surface area contributed by atoms with Crippen molar-refractivity contribution in [2.75, 3.05) is 5.32 Å². The molecule has 0 aliphatic heterocycles. The molecule has 122 valence electrons. The minimum absolute atomic E-state index is 0.140. The zero-order valence-electron chi connectivity index (χ0n) is 13.3. The third-order valence-corrected chi connectivity index (χ3v) is 3.67. The zero-order chi connectivity index (χ0) is 16.9. The van der Waals surface area contributed by atoms with Crippen LogP contribution < -0.4 is 10.9 Å². The van der Waals surface area contributed by atoms with Crippen molar-refractivity contribution in [1.29, 1.82) is 0 Å². The van der Waals surface area contributed by atoms with E-state index in [2.05, 4.69) is 20.6 Å². The van der Waals surface area contributed by atoms with E-state index in [4.69, 9.17) is 0 Å². The van der Waals surface area contributed by atoms with Crippen molar-refractivity contribution in [3.05, 3.63) is 58.5 Å². The number of amides is 1. The van der Waals surface area contributed by atoms with Crippen molar-refractivity contribution < 1.29 is 4.79 Å². The summed E-state index contributed by atoms with van der Waals surface area (Å²) in [4.78, 5) is 28.4. The van der Waals surface area contributed by atoms with Gasteiger partial charge in [0.25, 0.3) is 5.56 Å². The number of pyridine rings is 1. The van der Waals surface area contributed by atoms with Gasteiger partial charge < -0.3 is 5.32 Å². The van der Waals surface area contributed by atoms with Crippen LogP contribution in [0, 0.1) is 6.92 Å². The summed E-state index contributed by atoms with van der Waals surface area (Å²) in [6.45, 7) is 2.22. The van der Waals surface area contributed by atoms with E-state index in [0.29, 0.717) is 29.7 Å². The first-order valence-corrected chi connectivity index (χ1v) is 7.69. The van der Waals surface area contributed by atoms with Crippen LogP contribution in [0.1, 0.15) is 18.4 Å². The fourth-order valence-electron chi connectivity index (χ4n) is 2.37. The molecule has 1 aromatic carbocycles. The number of nitrogens with one attached hydrogen (secondary N) is 1. The van der Waals surface area contributed by atoms with Gasteiger partial charge in [0.1, 0.15) is 11.3 Å². The van der Waals surface area contributed by atoms with Gasteiger partial charge in [0.15, 0.2) is 0 Å². The Labute approximate surface area is 138 Å². The zero-order valence-corrected chi connectivity index (χ0v) is 13.3. The van der Waals surface area contributed by atoms with E-state index in [9.17, 15) is 9.59 Å². The third kappa shape index (κ3) is 3.45. The number of benzene rings is 1. The van der Waals surface area contributed by atoms with Gasteiger partial charge in [-0.15, -0.1) is 5.10 Å². The van der Waals surface area contributed by atoms with E-state index in [1.807, 2.05) is 25.1 Å². The Balaban J connectivity index is 1.60. The van der Waals surface area contributed by atoms with Gasteiger partial charge >= 0.3 is 0 Å². The minimum atomic E-state index is -0.193. The van der Waals surface area contributed by atoms with E-state index < -0.39 is 0 Å². The number of aromatic nitrogens is 4. The lowest BCUT2D eigenvalue weighted by Gasteiger charge is -2.07. The first kappa shape index (κ1) is 15.8. The molecular weight excluding hydrogens is 306 g/mol. The second-order valence-corrected chi connectivity index (χ2v) is 5.46. The predicted molar refractivity (Wildman–Crippen MR) is 90.6 cm³/mol. The number of hydrogen-bond donors (Lipinski definition) is 1. The lowest BCUT2D eigenvalue weighted by atomic mass is 10.2. The number of aryl methyl sites for hydroxylation is 2. The number of nitrogens with zero attached hydrogens (tertiary/aromatic N) is 4. The second-order valence-electron chi connectivity index (χ2n) is 5.46. The Morgan fingerprint density at radius 3 is 2.88 bits per heavy atom. The van der Waals surface area contributed by atoms with Crippen LogP contribution in [0.5, 0.6) is 0 Å². The summed E-state index contributed by atoms with van der Waals surface area (Å²) < 4.78 is 1.29. The van der Waals surface area contributed by atoms with Crippen LogP contribution in [-0.2, 0) is 11.3 Å². The van der Waals surface area contributed by atoms with Crippen LogP contribution in [0.3, 0.4) is 0 Å². The molecule has 0 unspecified atom stereocenters. The summed E-state index contributed by atoms with van der Waals surface area (Å²) >= 11 is 0.